The van der Waals surface area contributed by atoms with Crippen molar-refractivity contribution in [3.8, 4) is 0 Å². The van der Waals surface area contributed by atoms with Crippen LogP contribution in [0.3, 0.4) is 0 Å². The standard InChI is InChI=1S/C16H23N3O2/c17-15-3-1-2-14(10-15)16(20)19-7-5-18(6-8-19)11-13-4-9-21-12-13/h1-3,10,13H,4-9,11-12,17H2. The van der Waals surface area contributed by atoms with E-state index in [2.05, 4.69) is 4.90 Å². The van der Waals surface area contributed by atoms with Crippen LogP contribution in [0, 0.1) is 5.92 Å². The molecule has 5 nitrogen and oxygen atoms in total. The smallest absolute Gasteiger partial charge is 0.254 e. The number of anilines is 1. The Bertz CT molecular complexity index is 492. The molecule has 2 aliphatic heterocycles. The van der Waals surface area contributed by atoms with Crippen LogP contribution in [0.1, 0.15) is 16.8 Å². The van der Waals surface area contributed by atoms with Gasteiger partial charge >= 0.3 is 0 Å². The molecule has 2 heterocycles. The monoisotopic (exact) mass is 289 g/mol. The van der Waals surface area contributed by atoms with Crippen molar-refractivity contribution >= 4 is 11.6 Å². The van der Waals surface area contributed by atoms with Gasteiger partial charge in [-0.05, 0) is 30.5 Å². The third-order valence-corrected chi connectivity index (χ3v) is 4.33. The van der Waals surface area contributed by atoms with Crippen molar-refractivity contribution in [3.05, 3.63) is 29.8 Å². The lowest BCUT2D eigenvalue weighted by atomic mass is 10.1. The van der Waals surface area contributed by atoms with E-state index in [1.807, 2.05) is 17.0 Å². The highest BCUT2D eigenvalue weighted by molar-refractivity contribution is 5.95. The Hall–Kier alpha value is -1.59. The third-order valence-electron chi connectivity index (χ3n) is 4.33. The molecule has 2 aliphatic rings. The number of amides is 1. The molecule has 0 aliphatic carbocycles. The molecule has 0 saturated carbocycles. The molecule has 1 atom stereocenters. The molecule has 0 bridgehead atoms. The molecule has 114 valence electrons. The highest BCUT2D eigenvalue weighted by atomic mass is 16.5. The molecule has 1 aromatic carbocycles. The van der Waals surface area contributed by atoms with Crippen LogP contribution in [0.2, 0.25) is 0 Å². The van der Waals surface area contributed by atoms with Gasteiger partial charge in [0.2, 0.25) is 0 Å². The van der Waals surface area contributed by atoms with E-state index in [1.165, 1.54) is 6.42 Å². The van der Waals surface area contributed by atoms with Crippen LogP contribution in [0.15, 0.2) is 24.3 Å². The molecule has 0 radical (unpaired) electrons. The number of nitrogens with zero attached hydrogens (tertiary/aromatic N) is 2. The molecule has 0 spiro atoms. The summed E-state index contributed by atoms with van der Waals surface area (Å²) < 4.78 is 5.42. The van der Waals surface area contributed by atoms with E-state index in [0.29, 0.717) is 17.2 Å². The number of rotatable bonds is 3. The Morgan fingerprint density at radius 1 is 1.29 bits per heavy atom. The van der Waals surface area contributed by atoms with Gasteiger partial charge in [0.1, 0.15) is 0 Å². The molecule has 0 aromatic heterocycles. The molecule has 1 aromatic rings. The van der Waals surface area contributed by atoms with Crippen LogP contribution in [-0.4, -0.2) is 61.6 Å². The second-order valence-electron chi connectivity index (χ2n) is 5.95. The van der Waals surface area contributed by atoms with E-state index >= 15 is 0 Å². The summed E-state index contributed by atoms with van der Waals surface area (Å²) in [6, 6.07) is 7.23. The first kappa shape index (κ1) is 14.4. The molecule has 2 N–H and O–H groups in total. The van der Waals surface area contributed by atoms with Crippen molar-refractivity contribution < 1.29 is 9.53 Å². The zero-order chi connectivity index (χ0) is 14.7. The number of piperazine rings is 1. The number of hydrogen-bond acceptors (Lipinski definition) is 4. The summed E-state index contributed by atoms with van der Waals surface area (Å²) in [6.45, 7) is 6.37. The van der Waals surface area contributed by atoms with Gasteiger partial charge in [0, 0.05) is 50.6 Å². The summed E-state index contributed by atoms with van der Waals surface area (Å²) in [5.74, 6) is 0.757. The van der Waals surface area contributed by atoms with Crippen LogP contribution in [-0.2, 0) is 4.74 Å². The predicted octanol–water partition coefficient (Wildman–Crippen LogP) is 1.06. The Morgan fingerprint density at radius 2 is 2.10 bits per heavy atom. The summed E-state index contributed by atoms with van der Waals surface area (Å²) in [6.07, 6.45) is 1.17. The zero-order valence-corrected chi connectivity index (χ0v) is 12.3. The van der Waals surface area contributed by atoms with Crippen LogP contribution in [0.25, 0.3) is 0 Å². The van der Waals surface area contributed by atoms with Crippen LogP contribution >= 0.6 is 0 Å². The molecule has 2 saturated heterocycles. The number of ether oxygens (including phenoxy) is 1. The van der Waals surface area contributed by atoms with Crippen LogP contribution in [0.5, 0.6) is 0 Å². The molecule has 21 heavy (non-hydrogen) atoms. The number of benzene rings is 1. The van der Waals surface area contributed by atoms with Crippen LogP contribution in [0.4, 0.5) is 5.69 Å². The maximum absolute atomic E-state index is 12.4. The second-order valence-corrected chi connectivity index (χ2v) is 5.95. The van der Waals surface area contributed by atoms with E-state index in [9.17, 15) is 4.79 Å². The number of carbonyl (C=O) groups is 1. The second kappa shape index (κ2) is 6.45. The minimum atomic E-state index is 0.0890. The van der Waals surface area contributed by atoms with Gasteiger partial charge in [-0.2, -0.15) is 0 Å². The van der Waals surface area contributed by atoms with Gasteiger partial charge in [-0.15, -0.1) is 0 Å². The van der Waals surface area contributed by atoms with Gasteiger partial charge in [0.15, 0.2) is 0 Å². The summed E-state index contributed by atoms with van der Waals surface area (Å²) in [5, 5.41) is 0. The average molecular weight is 289 g/mol. The third kappa shape index (κ3) is 3.54. The van der Waals surface area contributed by atoms with E-state index in [4.69, 9.17) is 10.5 Å². The Kier molecular flexibility index (Phi) is 4.41. The minimum Gasteiger partial charge on any atom is -0.399 e. The summed E-state index contributed by atoms with van der Waals surface area (Å²) >= 11 is 0. The lowest BCUT2D eigenvalue weighted by Crippen LogP contribution is -2.49. The van der Waals surface area contributed by atoms with Crippen molar-refractivity contribution in [2.75, 3.05) is 51.7 Å². The zero-order valence-electron chi connectivity index (χ0n) is 12.3. The van der Waals surface area contributed by atoms with E-state index < -0.39 is 0 Å². The van der Waals surface area contributed by atoms with Crippen molar-refractivity contribution in [3.63, 3.8) is 0 Å². The quantitative estimate of drug-likeness (QED) is 0.846. The van der Waals surface area contributed by atoms with Gasteiger partial charge < -0.3 is 15.4 Å². The maximum Gasteiger partial charge on any atom is 0.254 e. The van der Waals surface area contributed by atoms with Crippen molar-refractivity contribution in [2.45, 2.75) is 6.42 Å². The summed E-state index contributed by atoms with van der Waals surface area (Å²) in [4.78, 5) is 16.8. The molecular formula is C16H23N3O2. The van der Waals surface area contributed by atoms with Gasteiger partial charge in [-0.3, -0.25) is 9.69 Å². The van der Waals surface area contributed by atoms with Crippen LogP contribution < -0.4 is 5.73 Å². The Labute approximate surface area is 125 Å². The molecule has 1 unspecified atom stereocenters. The molecule has 2 fully saturated rings. The number of hydrogen-bond donors (Lipinski definition) is 1. The van der Waals surface area contributed by atoms with Gasteiger partial charge in [0.05, 0.1) is 6.61 Å². The highest BCUT2D eigenvalue weighted by Crippen LogP contribution is 2.16. The van der Waals surface area contributed by atoms with E-state index in [1.54, 1.807) is 12.1 Å². The number of carbonyl (C=O) groups excluding carboxylic acids is 1. The topological polar surface area (TPSA) is 58.8 Å². The number of nitrogen functional groups attached to an aromatic ring is 1. The van der Waals surface area contributed by atoms with Crippen molar-refractivity contribution in [2.24, 2.45) is 5.92 Å². The van der Waals surface area contributed by atoms with Gasteiger partial charge in [-0.1, -0.05) is 6.07 Å². The first-order valence-electron chi connectivity index (χ1n) is 7.67. The minimum absolute atomic E-state index is 0.0890. The van der Waals surface area contributed by atoms with Gasteiger partial charge in [-0.25, -0.2) is 0 Å². The SMILES string of the molecule is Nc1cccc(C(=O)N2CCN(CC3CCOC3)CC2)c1. The fraction of sp³-hybridized carbons (Fsp3) is 0.562. The predicted molar refractivity (Wildman–Crippen MR) is 82.1 cm³/mol. The fourth-order valence-electron chi connectivity index (χ4n) is 3.08. The summed E-state index contributed by atoms with van der Waals surface area (Å²) in [5.41, 5.74) is 7.08. The lowest BCUT2D eigenvalue weighted by Gasteiger charge is -2.35. The molecule has 3 rings (SSSR count). The molecule has 5 heteroatoms. The average Bonchev–Trinajstić information content (AvgIpc) is 3.00. The molecular weight excluding hydrogens is 266 g/mol. The first-order chi connectivity index (χ1) is 10.2. The fourth-order valence-corrected chi connectivity index (χ4v) is 3.08. The Balaban J connectivity index is 1.52. The van der Waals surface area contributed by atoms with E-state index in [0.717, 1.165) is 45.9 Å². The van der Waals surface area contributed by atoms with E-state index in [-0.39, 0.29) is 5.91 Å². The normalized spacial score (nSPS) is 23.4. The largest absolute Gasteiger partial charge is 0.399 e. The Morgan fingerprint density at radius 3 is 2.76 bits per heavy atom. The number of nitrogens with two attached hydrogens (primary N) is 1. The van der Waals surface area contributed by atoms with Crippen molar-refractivity contribution in [1.82, 2.24) is 9.80 Å². The van der Waals surface area contributed by atoms with Gasteiger partial charge in [0.25, 0.3) is 5.91 Å². The van der Waals surface area contributed by atoms with Crippen molar-refractivity contribution in [1.29, 1.82) is 0 Å². The summed E-state index contributed by atoms with van der Waals surface area (Å²) in [7, 11) is 0. The highest BCUT2D eigenvalue weighted by Gasteiger charge is 2.25. The molecule has 1 amide bonds. The first-order valence-corrected chi connectivity index (χ1v) is 7.67. The maximum atomic E-state index is 12.4. The lowest BCUT2D eigenvalue weighted by molar-refractivity contribution is 0.0611.